The zero-order chi connectivity index (χ0) is 87.9. The number of rotatable bonds is 16. The SMILES string of the molecule is CC.CNC(CO)[C@]1(O)Cc2c(O)c3c(c(O)c2[C@@H](OC2CC(N)C(O)C(C)O2)C1)C(=O)c1c(OC)cccc1C3=O.COc1cccc2c1C(=O)c1c(O)c3c(c(O)c1C2=O)C[C@@](O)(C(=O)CO)C[C@@H]3OC1CC(N)C(O)C(C)O1.COc1cccc2c1C(=O)c1c(O)c3c(c(O)c1C2=O)C[C@@](O)(C(N)CO)C[C@@H]3OC1CC(C)C(O)C(C)O1. The monoisotopic (exact) mass is 1670 g/mol. The molecule has 35 heteroatoms. The summed E-state index contributed by atoms with van der Waals surface area (Å²) in [6.07, 6.45) is -12.7. The van der Waals surface area contributed by atoms with E-state index in [0.717, 1.165) is 0 Å². The highest BCUT2D eigenvalue weighted by molar-refractivity contribution is 6.33. The van der Waals surface area contributed by atoms with Crippen molar-refractivity contribution in [3.8, 4) is 51.7 Å². The van der Waals surface area contributed by atoms with Crippen molar-refractivity contribution in [3.05, 3.63) is 155 Å². The van der Waals surface area contributed by atoms with Crippen LogP contribution in [0, 0.1) is 5.92 Å². The molecule has 0 spiro atoms. The molecule has 14 unspecified atom stereocenters. The van der Waals surface area contributed by atoms with Crippen LogP contribution in [-0.4, -0.2) is 262 Å². The van der Waals surface area contributed by atoms with E-state index in [1.807, 2.05) is 20.8 Å². The quantitative estimate of drug-likeness (QED) is 0.0616. The Kier molecular flexibility index (Phi) is 26.0. The number of nitrogens with two attached hydrogens (primary N) is 3. The third-order valence-electron chi connectivity index (χ3n) is 24.5. The summed E-state index contributed by atoms with van der Waals surface area (Å²) < 4.78 is 51.6. The Morgan fingerprint density at radius 1 is 0.467 bits per heavy atom. The number of aliphatic hydroxyl groups excluding tert-OH is 6. The van der Waals surface area contributed by atoms with Crippen LogP contribution in [-0.2, 0) is 52.5 Å². The van der Waals surface area contributed by atoms with E-state index in [1.165, 1.54) is 75.9 Å². The molecule has 0 radical (unpaired) electrons. The minimum Gasteiger partial charge on any atom is -0.507 e. The van der Waals surface area contributed by atoms with Crippen LogP contribution < -0.4 is 36.7 Å². The predicted molar refractivity (Wildman–Crippen MR) is 419 cm³/mol. The van der Waals surface area contributed by atoms with Crippen molar-refractivity contribution in [1.82, 2.24) is 5.32 Å². The van der Waals surface area contributed by atoms with Gasteiger partial charge in [-0.1, -0.05) is 57.2 Å². The maximum Gasteiger partial charge on any atom is 0.202 e. The second-order valence-corrected chi connectivity index (χ2v) is 31.6. The average Bonchev–Trinajstić information content (AvgIpc) is 0.718. The first-order valence-electron chi connectivity index (χ1n) is 39.4. The molecule has 120 heavy (non-hydrogen) atoms. The second kappa shape index (κ2) is 34.8. The molecule has 0 bridgehead atoms. The maximum absolute atomic E-state index is 13.7. The van der Waals surface area contributed by atoms with Crippen LogP contribution in [0.3, 0.4) is 0 Å². The largest absolute Gasteiger partial charge is 0.507 e. The highest BCUT2D eigenvalue weighted by Crippen LogP contribution is 2.58. The van der Waals surface area contributed by atoms with Crippen LogP contribution in [0.1, 0.15) is 227 Å². The van der Waals surface area contributed by atoms with E-state index < -0.39 is 245 Å². The first-order valence-corrected chi connectivity index (χ1v) is 39.4. The number of carbonyl (C=O) groups is 7. The van der Waals surface area contributed by atoms with Crippen molar-refractivity contribution in [2.75, 3.05) is 48.2 Å². The van der Waals surface area contributed by atoms with E-state index in [2.05, 4.69) is 5.32 Å². The second-order valence-electron chi connectivity index (χ2n) is 31.6. The molecule has 0 saturated carbocycles. The van der Waals surface area contributed by atoms with Crippen LogP contribution in [0.15, 0.2) is 54.6 Å². The molecule has 35 nitrogen and oxygen atoms in total. The number of hydrogen-bond acceptors (Lipinski definition) is 35. The Labute approximate surface area is 687 Å². The Hall–Kier alpha value is -9.55. The normalized spacial score (nSPS) is 29.9. The third kappa shape index (κ3) is 15.3. The molecule has 22 N–H and O–H groups in total. The van der Waals surface area contributed by atoms with Crippen molar-refractivity contribution in [3.63, 3.8) is 0 Å². The molecule has 648 valence electrons. The number of likely N-dealkylation sites (N-methyl/N-ethyl adjacent to an activating group) is 1. The molecule has 3 fully saturated rings. The molecule has 0 amide bonds. The van der Waals surface area contributed by atoms with Gasteiger partial charge in [-0.15, -0.1) is 0 Å². The number of ether oxygens (including phenoxy) is 9. The van der Waals surface area contributed by atoms with Crippen molar-refractivity contribution >= 4 is 40.5 Å². The van der Waals surface area contributed by atoms with Gasteiger partial charge in [0, 0.05) is 120 Å². The molecule has 20 atom stereocenters. The molecule has 6 aliphatic carbocycles. The summed E-state index contributed by atoms with van der Waals surface area (Å²) in [7, 11) is 5.57. The van der Waals surface area contributed by atoms with E-state index in [-0.39, 0.29) is 140 Å². The van der Waals surface area contributed by atoms with E-state index in [0.29, 0.717) is 6.42 Å². The number of hydrogen-bond donors (Lipinski definition) is 19. The Morgan fingerprint density at radius 3 is 1.12 bits per heavy atom. The minimum absolute atomic E-state index is 0.00406. The van der Waals surface area contributed by atoms with Gasteiger partial charge in [0.25, 0.3) is 0 Å². The molecule has 15 rings (SSSR count). The molecule has 3 heterocycles. The highest BCUT2D eigenvalue weighted by Gasteiger charge is 2.55. The zero-order valence-electron chi connectivity index (χ0n) is 67.5. The molecule has 3 aliphatic heterocycles. The number of carbonyl (C=O) groups excluding carboxylic acids is 7. The number of benzene rings is 6. The van der Waals surface area contributed by atoms with Gasteiger partial charge < -0.3 is 142 Å². The summed E-state index contributed by atoms with van der Waals surface area (Å²) in [5, 5.41) is 166. The molecular formula is C85H102N4O31. The maximum atomic E-state index is 13.7. The zero-order valence-corrected chi connectivity index (χ0v) is 67.5. The topological polar surface area (TPSA) is 596 Å². The number of phenols is 6. The summed E-state index contributed by atoms with van der Waals surface area (Å²) in [6.45, 7) is 8.67. The van der Waals surface area contributed by atoms with Crippen LogP contribution in [0.2, 0.25) is 0 Å². The molecule has 6 aromatic carbocycles. The summed E-state index contributed by atoms with van der Waals surface area (Å²) in [5.74, 6) is -8.77. The fourth-order valence-corrected chi connectivity index (χ4v) is 18.0. The summed E-state index contributed by atoms with van der Waals surface area (Å²) >= 11 is 0. The van der Waals surface area contributed by atoms with Gasteiger partial charge in [0.15, 0.2) is 42.0 Å². The van der Waals surface area contributed by atoms with Gasteiger partial charge in [-0.3, -0.25) is 33.6 Å². The first-order chi connectivity index (χ1) is 56.8. The minimum atomic E-state index is -2.24. The van der Waals surface area contributed by atoms with E-state index in [4.69, 9.17) is 59.8 Å². The highest BCUT2D eigenvalue weighted by atomic mass is 16.7. The van der Waals surface area contributed by atoms with Gasteiger partial charge in [-0.05, 0) is 51.9 Å². The van der Waals surface area contributed by atoms with Gasteiger partial charge in [0.05, 0.1) is 163 Å². The number of aliphatic hydroxyl groups is 9. The number of ketones is 7. The molecule has 0 aromatic heterocycles. The number of aromatic hydroxyl groups is 6. The lowest BCUT2D eigenvalue weighted by molar-refractivity contribution is -0.256. The average molecular weight is 1680 g/mol. The van der Waals surface area contributed by atoms with Gasteiger partial charge in [-0.2, -0.15) is 0 Å². The van der Waals surface area contributed by atoms with Crippen molar-refractivity contribution in [2.45, 2.75) is 214 Å². The van der Waals surface area contributed by atoms with Crippen molar-refractivity contribution in [2.24, 2.45) is 23.1 Å². The number of methoxy groups -OCH3 is 3. The molecule has 3 saturated heterocycles. The van der Waals surface area contributed by atoms with Crippen LogP contribution in [0.4, 0.5) is 0 Å². The van der Waals surface area contributed by atoms with Crippen LogP contribution >= 0.6 is 0 Å². The summed E-state index contributed by atoms with van der Waals surface area (Å²) in [6, 6.07) is 9.91. The van der Waals surface area contributed by atoms with Gasteiger partial charge >= 0.3 is 0 Å². The lowest BCUT2D eigenvalue weighted by Crippen LogP contribution is -2.56. The predicted octanol–water partition coefficient (Wildman–Crippen LogP) is 2.12. The smallest absolute Gasteiger partial charge is 0.202 e. The Morgan fingerprint density at radius 2 is 0.792 bits per heavy atom. The number of fused-ring (bicyclic) bond motifs is 9. The number of phenolic OH excluding ortho intramolecular Hbond substituents is 6. The van der Waals surface area contributed by atoms with Gasteiger partial charge in [-0.25, -0.2) is 0 Å². The fraction of sp³-hybridized carbons (Fsp3) is 0.494. The standard InChI is InChI=1S/C28H34N2O10.C28H33NO10.C27H29NO11.C2H6/c1-11-23(32)14(29)7-18(39-11)40-16-9-28(37,17(10-31)30-2)8-13-20(16)27(36)22-21(25(13)34)24(33)12-5-4-6-15(38-3)19(12)26(22)35;1-11-7-18(38-12(2)23(11)31)39-16-9-28(36,17(29)10-30)8-14-20(16)27(35)22-21(25(14)33)24(32)13-5-4-6-15(37-3)19(13)26(22)34;1-10-22(31)13(28)6-17(38-10)39-15-8-27(36,16(30)9-29)7-12-19(15)26(35)21-20(24(12)33)23(32)11-4-3-5-14(37-2)18(11)25(21)34;1-2/h4-6,11,14,16-18,23,30-32,34,36-37H,7-10,29H2,1-3H3;4-6,11-12,16-18,23,30-31,33,35-36H,7-10,29H2,1-3H3;3-5,10,13,15,17,22,29,31,33,35-36H,6-9,28H2,1-2H3;1-2H3/t11?,14?,16-,17?,18?,23?,28-;11?,12?,16-,17?,18?,23?,28-;10?,13?,15-,17?,22?,27-;/m000./s1. The Bertz CT molecular complexity index is 5030. The number of nitrogens with one attached hydrogen (secondary N) is 1. The van der Waals surface area contributed by atoms with E-state index in [1.54, 1.807) is 27.8 Å². The molecule has 9 aliphatic rings. The fourth-order valence-electron chi connectivity index (χ4n) is 18.0. The molecule has 6 aromatic rings. The Balaban J connectivity index is 0.000000163. The first kappa shape index (κ1) is 89.7. The third-order valence-corrected chi connectivity index (χ3v) is 24.5. The lowest BCUT2D eigenvalue weighted by Gasteiger charge is -2.45. The summed E-state index contributed by atoms with van der Waals surface area (Å²) in [4.78, 5) is 94.3. The number of Topliss-reactive ketones (excluding diaryl/α,β-unsaturated/α-hetero) is 1. The van der Waals surface area contributed by atoms with Crippen LogP contribution in [0.25, 0.3) is 0 Å². The van der Waals surface area contributed by atoms with E-state index in [9.17, 15) is 110 Å². The van der Waals surface area contributed by atoms with E-state index >= 15 is 0 Å². The molecular weight excluding hydrogens is 1570 g/mol. The summed E-state index contributed by atoms with van der Waals surface area (Å²) in [5.41, 5.74) is 9.42. The van der Waals surface area contributed by atoms with Crippen LogP contribution in [0.5, 0.6) is 51.7 Å². The van der Waals surface area contributed by atoms with Crippen molar-refractivity contribution in [1.29, 1.82) is 0 Å². The van der Waals surface area contributed by atoms with Gasteiger partial charge in [0.2, 0.25) is 17.3 Å². The van der Waals surface area contributed by atoms with Gasteiger partial charge in [0.1, 0.15) is 64.0 Å². The van der Waals surface area contributed by atoms with Crippen molar-refractivity contribution < 1.29 is 153 Å². The lowest BCUT2D eigenvalue weighted by atomic mass is 9.71.